The molecule has 6 heteroatoms. The maximum absolute atomic E-state index is 10.5. The number of fused-ring (bicyclic) bond motifs is 8. The molecule has 1 fully saturated rings. The zero-order chi connectivity index (χ0) is 16.6. The van der Waals surface area contributed by atoms with Crippen LogP contribution in [-0.2, 0) is 0 Å². The van der Waals surface area contributed by atoms with Crippen LogP contribution in [0.4, 0.5) is 5.69 Å². The van der Waals surface area contributed by atoms with Gasteiger partial charge in [0.1, 0.15) is 5.65 Å². The molecular weight excluding hydrogens is 304 g/mol. The van der Waals surface area contributed by atoms with Gasteiger partial charge in [-0.2, -0.15) is 0 Å². The van der Waals surface area contributed by atoms with Crippen LogP contribution in [0.1, 0.15) is 42.4 Å². The Morgan fingerprint density at radius 1 is 1.08 bits per heavy atom. The Hall–Kier alpha value is -2.63. The van der Waals surface area contributed by atoms with E-state index in [9.17, 15) is 10.2 Å². The number of nitrogens with zero attached hydrogens (tertiary/aromatic N) is 2. The number of aromatic hydroxyl groups is 2. The number of aromatic amines is 2. The van der Waals surface area contributed by atoms with Crippen molar-refractivity contribution in [2.24, 2.45) is 0 Å². The first-order chi connectivity index (χ1) is 11.6. The maximum atomic E-state index is 10.5. The fourth-order valence-corrected chi connectivity index (χ4v) is 4.78. The third kappa shape index (κ3) is 1.53. The predicted molar refractivity (Wildman–Crippen MR) is 92.9 cm³/mol. The van der Waals surface area contributed by atoms with E-state index in [0.29, 0.717) is 5.92 Å². The van der Waals surface area contributed by atoms with E-state index in [-0.39, 0.29) is 17.7 Å². The largest absolute Gasteiger partial charge is 0.494 e. The highest BCUT2D eigenvalue weighted by molar-refractivity contribution is 6.07. The van der Waals surface area contributed by atoms with Gasteiger partial charge in [-0.05, 0) is 24.8 Å². The summed E-state index contributed by atoms with van der Waals surface area (Å²) in [5.41, 5.74) is 5.65. The Labute approximate surface area is 139 Å². The van der Waals surface area contributed by atoms with Crippen molar-refractivity contribution in [1.29, 1.82) is 0 Å². The lowest BCUT2D eigenvalue weighted by atomic mass is 9.77. The minimum atomic E-state index is 0.0450. The van der Waals surface area contributed by atoms with Gasteiger partial charge in [-0.3, -0.25) is 4.98 Å². The van der Waals surface area contributed by atoms with Crippen molar-refractivity contribution in [3.05, 3.63) is 23.5 Å². The van der Waals surface area contributed by atoms with Crippen LogP contribution in [0.2, 0.25) is 0 Å². The summed E-state index contributed by atoms with van der Waals surface area (Å²) in [5, 5.41) is 21.9. The van der Waals surface area contributed by atoms with Crippen LogP contribution in [0.3, 0.4) is 0 Å². The summed E-state index contributed by atoms with van der Waals surface area (Å²) in [6.07, 6.45) is 5.06. The van der Waals surface area contributed by atoms with Gasteiger partial charge in [0.05, 0.1) is 10.9 Å². The summed E-state index contributed by atoms with van der Waals surface area (Å²) in [7, 11) is 4.01. The van der Waals surface area contributed by atoms with Crippen molar-refractivity contribution < 1.29 is 10.2 Å². The Balaban J connectivity index is 1.95. The van der Waals surface area contributed by atoms with Gasteiger partial charge in [0.25, 0.3) is 0 Å². The first-order valence-electron chi connectivity index (χ1n) is 8.40. The lowest BCUT2D eigenvalue weighted by Crippen LogP contribution is -2.12. The van der Waals surface area contributed by atoms with Crippen molar-refractivity contribution in [3.63, 3.8) is 0 Å². The molecule has 4 N–H and O–H groups in total. The van der Waals surface area contributed by atoms with Crippen LogP contribution in [0, 0.1) is 0 Å². The van der Waals surface area contributed by atoms with Crippen molar-refractivity contribution >= 4 is 16.7 Å². The lowest BCUT2D eigenvalue weighted by molar-refractivity contribution is 0.420. The predicted octanol–water partition coefficient (Wildman–Crippen LogP) is 3.40. The van der Waals surface area contributed by atoms with Gasteiger partial charge in [-0.25, -0.2) is 4.98 Å². The molecule has 2 unspecified atom stereocenters. The van der Waals surface area contributed by atoms with Gasteiger partial charge in [-0.1, -0.05) is 6.42 Å². The SMILES string of the molecule is CN(C)c1ccnc2[nH]c3c(c12)-c1c(O)[nH]c(O)c1C1CCCC31. The van der Waals surface area contributed by atoms with Crippen LogP contribution in [0.15, 0.2) is 12.3 Å². The molecule has 0 saturated heterocycles. The normalized spacial score (nSPS) is 21.6. The number of pyridine rings is 1. The number of hydrogen-bond acceptors (Lipinski definition) is 4. The third-order valence-electron chi connectivity index (χ3n) is 5.69. The molecule has 24 heavy (non-hydrogen) atoms. The topological polar surface area (TPSA) is 88.2 Å². The zero-order valence-corrected chi connectivity index (χ0v) is 13.7. The summed E-state index contributed by atoms with van der Waals surface area (Å²) in [5.74, 6) is 0.747. The van der Waals surface area contributed by atoms with E-state index in [1.807, 2.05) is 20.2 Å². The summed E-state index contributed by atoms with van der Waals surface area (Å²) < 4.78 is 0. The molecule has 1 saturated carbocycles. The maximum Gasteiger partial charge on any atom is 0.199 e. The second-order valence-corrected chi connectivity index (χ2v) is 7.12. The molecule has 124 valence electrons. The molecule has 0 radical (unpaired) electrons. The Kier molecular flexibility index (Phi) is 2.56. The van der Waals surface area contributed by atoms with Crippen molar-refractivity contribution in [2.45, 2.75) is 31.1 Å². The summed E-state index contributed by atoms with van der Waals surface area (Å²) in [6, 6.07) is 1.99. The standard InChI is InChI=1S/C18H20N4O2/c1-22(2)10-6-7-19-16-12(10)13-14-11(17(23)21-18(14)24)8-4-3-5-9(8)15(13)20-16/h6-9,21,23-24H,3-5H2,1-2H3,(H,19,20). The quantitative estimate of drug-likeness (QED) is 0.552. The minimum absolute atomic E-state index is 0.0450. The Bertz CT molecular complexity index is 969. The van der Waals surface area contributed by atoms with Gasteiger partial charge in [0.15, 0.2) is 11.8 Å². The van der Waals surface area contributed by atoms with Gasteiger partial charge < -0.3 is 20.1 Å². The fourth-order valence-electron chi connectivity index (χ4n) is 4.78. The van der Waals surface area contributed by atoms with Crippen molar-refractivity contribution in [1.82, 2.24) is 15.0 Å². The highest BCUT2D eigenvalue weighted by Crippen LogP contribution is 2.60. The van der Waals surface area contributed by atoms with Crippen LogP contribution in [0.25, 0.3) is 22.2 Å². The molecule has 2 aliphatic rings. The number of rotatable bonds is 1. The van der Waals surface area contributed by atoms with E-state index in [1.54, 1.807) is 6.20 Å². The van der Waals surface area contributed by atoms with Crippen molar-refractivity contribution in [3.8, 4) is 22.9 Å². The third-order valence-corrected chi connectivity index (χ3v) is 5.69. The lowest BCUT2D eigenvalue weighted by Gasteiger charge is -2.26. The number of hydrogen-bond donors (Lipinski definition) is 4. The Morgan fingerprint density at radius 2 is 1.88 bits per heavy atom. The van der Waals surface area contributed by atoms with Crippen LogP contribution >= 0.6 is 0 Å². The van der Waals surface area contributed by atoms with Crippen LogP contribution in [0.5, 0.6) is 11.8 Å². The first kappa shape index (κ1) is 13.8. The smallest absolute Gasteiger partial charge is 0.199 e. The number of nitrogens with one attached hydrogen (secondary N) is 2. The molecule has 3 heterocycles. The molecule has 3 aromatic rings. The van der Waals surface area contributed by atoms with Gasteiger partial charge in [-0.15, -0.1) is 0 Å². The van der Waals surface area contributed by atoms with Gasteiger partial charge in [0, 0.05) is 48.7 Å². The van der Waals surface area contributed by atoms with E-state index in [0.717, 1.165) is 58.4 Å². The monoisotopic (exact) mass is 324 g/mol. The molecule has 2 atom stereocenters. The van der Waals surface area contributed by atoms with Crippen LogP contribution in [-0.4, -0.2) is 39.3 Å². The molecule has 0 aromatic carbocycles. The minimum Gasteiger partial charge on any atom is -0.494 e. The highest BCUT2D eigenvalue weighted by Gasteiger charge is 2.43. The summed E-state index contributed by atoms with van der Waals surface area (Å²) in [4.78, 5) is 12.8. The first-order valence-corrected chi connectivity index (χ1v) is 8.40. The molecule has 2 aliphatic carbocycles. The van der Waals surface area contributed by atoms with Crippen molar-refractivity contribution in [2.75, 3.05) is 19.0 Å². The van der Waals surface area contributed by atoms with E-state index < -0.39 is 0 Å². The second kappa shape index (κ2) is 4.47. The number of anilines is 1. The zero-order valence-electron chi connectivity index (χ0n) is 13.7. The molecule has 0 aliphatic heterocycles. The molecule has 3 aromatic heterocycles. The molecule has 0 spiro atoms. The number of aromatic nitrogens is 3. The molecule has 5 rings (SSSR count). The molecule has 0 bridgehead atoms. The summed E-state index contributed by atoms with van der Waals surface area (Å²) >= 11 is 0. The van der Waals surface area contributed by atoms with E-state index in [4.69, 9.17) is 0 Å². The van der Waals surface area contributed by atoms with E-state index in [2.05, 4.69) is 19.9 Å². The Morgan fingerprint density at radius 3 is 2.67 bits per heavy atom. The van der Waals surface area contributed by atoms with E-state index >= 15 is 0 Å². The average Bonchev–Trinajstić information content (AvgIpc) is 3.22. The molecule has 0 amide bonds. The second-order valence-electron chi connectivity index (χ2n) is 7.12. The summed E-state index contributed by atoms with van der Waals surface area (Å²) in [6.45, 7) is 0. The molecule has 6 nitrogen and oxygen atoms in total. The van der Waals surface area contributed by atoms with Gasteiger partial charge >= 0.3 is 0 Å². The fraction of sp³-hybridized carbons (Fsp3) is 0.389. The van der Waals surface area contributed by atoms with Crippen LogP contribution < -0.4 is 4.90 Å². The highest BCUT2D eigenvalue weighted by atomic mass is 16.3. The number of H-pyrrole nitrogens is 2. The molecular formula is C18H20N4O2. The van der Waals surface area contributed by atoms with Gasteiger partial charge in [0.2, 0.25) is 0 Å². The van der Waals surface area contributed by atoms with E-state index in [1.165, 1.54) is 0 Å². The average molecular weight is 324 g/mol.